The zero-order valence-corrected chi connectivity index (χ0v) is 11.1. The molecule has 1 aliphatic carbocycles. The molecule has 16 heavy (non-hydrogen) atoms. The lowest BCUT2D eigenvalue weighted by Gasteiger charge is -2.39. The molecule has 0 aromatic rings. The van der Waals surface area contributed by atoms with Crippen LogP contribution in [0.15, 0.2) is 0 Å². The van der Waals surface area contributed by atoms with Gasteiger partial charge >= 0.3 is 0 Å². The summed E-state index contributed by atoms with van der Waals surface area (Å²) in [5, 5.41) is 12.3. The zero-order valence-electron chi connectivity index (χ0n) is 11.1. The summed E-state index contributed by atoms with van der Waals surface area (Å²) in [6, 6.07) is 2.06. The van der Waals surface area contributed by atoms with Gasteiger partial charge in [0, 0.05) is 31.3 Å². The van der Waals surface area contributed by atoms with Crippen molar-refractivity contribution in [3.8, 4) is 0 Å². The van der Waals surface area contributed by atoms with Gasteiger partial charge in [0.15, 0.2) is 0 Å². The highest BCUT2D eigenvalue weighted by Gasteiger charge is 2.26. The van der Waals surface area contributed by atoms with E-state index in [1.54, 1.807) is 0 Å². The van der Waals surface area contributed by atoms with Crippen molar-refractivity contribution in [1.82, 2.24) is 10.2 Å². The van der Waals surface area contributed by atoms with Gasteiger partial charge in [-0.1, -0.05) is 0 Å². The summed E-state index contributed by atoms with van der Waals surface area (Å²) in [6.45, 7) is 5.89. The van der Waals surface area contributed by atoms with E-state index in [-0.39, 0.29) is 0 Å². The van der Waals surface area contributed by atoms with Crippen molar-refractivity contribution in [1.29, 1.82) is 0 Å². The molecule has 0 radical (unpaired) electrons. The monoisotopic (exact) mass is 228 g/mol. The van der Waals surface area contributed by atoms with Crippen LogP contribution in [0, 0.1) is 0 Å². The molecule has 3 nitrogen and oxygen atoms in total. The van der Waals surface area contributed by atoms with Crippen LogP contribution in [0.25, 0.3) is 0 Å². The predicted molar refractivity (Wildman–Crippen MR) is 68.6 cm³/mol. The van der Waals surface area contributed by atoms with E-state index in [4.69, 9.17) is 5.11 Å². The zero-order chi connectivity index (χ0) is 12.0. The van der Waals surface area contributed by atoms with Crippen molar-refractivity contribution >= 4 is 0 Å². The van der Waals surface area contributed by atoms with Gasteiger partial charge in [0.05, 0.1) is 0 Å². The summed E-state index contributed by atoms with van der Waals surface area (Å²) in [6.07, 6.45) is 6.10. The third-order valence-electron chi connectivity index (χ3n) is 3.81. The molecule has 0 unspecified atom stereocenters. The molecule has 0 aromatic carbocycles. The molecule has 0 atom stereocenters. The largest absolute Gasteiger partial charge is 0.396 e. The fourth-order valence-corrected chi connectivity index (χ4v) is 2.81. The molecule has 96 valence electrons. The minimum Gasteiger partial charge on any atom is -0.396 e. The van der Waals surface area contributed by atoms with Gasteiger partial charge in [-0.3, -0.25) is 4.90 Å². The van der Waals surface area contributed by atoms with Gasteiger partial charge in [-0.2, -0.15) is 0 Å². The maximum absolute atomic E-state index is 8.94. The van der Waals surface area contributed by atoms with Gasteiger partial charge in [0.25, 0.3) is 0 Å². The fraction of sp³-hybridized carbons (Fsp3) is 1.00. The van der Waals surface area contributed by atoms with Gasteiger partial charge in [-0.05, 0) is 53.0 Å². The lowest BCUT2D eigenvalue weighted by Crippen LogP contribution is -2.45. The Bertz CT molecular complexity index is 177. The van der Waals surface area contributed by atoms with E-state index in [0.717, 1.165) is 25.0 Å². The topological polar surface area (TPSA) is 35.5 Å². The molecule has 0 bridgehead atoms. The van der Waals surface area contributed by atoms with Crippen LogP contribution in [0.3, 0.4) is 0 Å². The summed E-state index contributed by atoms with van der Waals surface area (Å²) in [5.41, 5.74) is 0. The van der Waals surface area contributed by atoms with E-state index in [0.29, 0.717) is 12.6 Å². The Balaban J connectivity index is 2.40. The maximum atomic E-state index is 8.94. The number of aliphatic hydroxyl groups is 1. The number of nitrogens with zero attached hydrogens (tertiary/aromatic N) is 1. The first-order chi connectivity index (χ1) is 7.69. The molecule has 2 N–H and O–H groups in total. The second-order valence-corrected chi connectivity index (χ2v) is 5.20. The Kier molecular flexibility index (Phi) is 6.32. The second kappa shape index (κ2) is 7.25. The molecule has 0 aliphatic heterocycles. The number of nitrogens with one attached hydrogen (secondary N) is 1. The standard InChI is InChI=1S/C13H28N2O/c1-11(2)15(9-4-10-16)13-7-5-12(14-3)6-8-13/h11-14,16H,4-10H2,1-3H3. The van der Waals surface area contributed by atoms with E-state index in [1.807, 2.05) is 0 Å². The third kappa shape index (κ3) is 4.04. The first kappa shape index (κ1) is 13.9. The van der Waals surface area contributed by atoms with E-state index >= 15 is 0 Å². The molecule has 3 heteroatoms. The molecule has 1 saturated carbocycles. The number of aliphatic hydroxyl groups excluding tert-OH is 1. The van der Waals surface area contributed by atoms with Gasteiger partial charge in [-0.15, -0.1) is 0 Å². The molecule has 1 rings (SSSR count). The second-order valence-electron chi connectivity index (χ2n) is 5.20. The van der Waals surface area contributed by atoms with Crippen LogP contribution < -0.4 is 5.32 Å². The first-order valence-corrected chi connectivity index (χ1v) is 6.73. The van der Waals surface area contributed by atoms with Crippen molar-refractivity contribution in [3.63, 3.8) is 0 Å². The Morgan fingerprint density at radius 3 is 2.31 bits per heavy atom. The fourth-order valence-electron chi connectivity index (χ4n) is 2.81. The Labute approximate surface area is 100 Å². The van der Waals surface area contributed by atoms with Gasteiger partial charge in [0.2, 0.25) is 0 Å². The average Bonchev–Trinajstić information content (AvgIpc) is 2.30. The summed E-state index contributed by atoms with van der Waals surface area (Å²) in [7, 11) is 2.07. The lowest BCUT2D eigenvalue weighted by atomic mass is 9.89. The Morgan fingerprint density at radius 1 is 1.25 bits per heavy atom. The molecule has 1 aliphatic rings. The van der Waals surface area contributed by atoms with Crippen LogP contribution in [0.1, 0.15) is 46.0 Å². The highest BCUT2D eigenvalue weighted by molar-refractivity contribution is 4.83. The van der Waals surface area contributed by atoms with Crippen LogP contribution in [0.4, 0.5) is 0 Å². The summed E-state index contributed by atoms with van der Waals surface area (Å²) in [5.74, 6) is 0. The van der Waals surface area contributed by atoms with Crippen molar-refractivity contribution in [2.75, 3.05) is 20.2 Å². The van der Waals surface area contributed by atoms with Gasteiger partial charge in [-0.25, -0.2) is 0 Å². The lowest BCUT2D eigenvalue weighted by molar-refractivity contribution is 0.103. The van der Waals surface area contributed by atoms with Crippen LogP contribution in [0.5, 0.6) is 0 Å². The molecule has 0 aromatic heterocycles. The highest BCUT2D eigenvalue weighted by atomic mass is 16.3. The van der Waals surface area contributed by atoms with Crippen LogP contribution in [0.2, 0.25) is 0 Å². The van der Waals surface area contributed by atoms with Crippen LogP contribution >= 0.6 is 0 Å². The Hall–Kier alpha value is -0.120. The highest BCUT2D eigenvalue weighted by Crippen LogP contribution is 2.24. The van der Waals surface area contributed by atoms with E-state index < -0.39 is 0 Å². The predicted octanol–water partition coefficient (Wildman–Crippen LogP) is 1.61. The molecular formula is C13H28N2O. The number of rotatable bonds is 6. The molecule has 1 fully saturated rings. The molecule has 0 spiro atoms. The average molecular weight is 228 g/mol. The Morgan fingerprint density at radius 2 is 1.88 bits per heavy atom. The SMILES string of the molecule is CNC1CCC(N(CCCO)C(C)C)CC1. The van der Waals surface area contributed by atoms with Crippen LogP contribution in [-0.4, -0.2) is 48.3 Å². The first-order valence-electron chi connectivity index (χ1n) is 6.73. The number of hydrogen-bond acceptors (Lipinski definition) is 3. The van der Waals surface area contributed by atoms with E-state index in [1.165, 1.54) is 25.7 Å². The van der Waals surface area contributed by atoms with Crippen LogP contribution in [-0.2, 0) is 0 Å². The van der Waals surface area contributed by atoms with E-state index in [2.05, 4.69) is 31.1 Å². The summed E-state index contributed by atoms with van der Waals surface area (Å²) in [4.78, 5) is 2.57. The smallest absolute Gasteiger partial charge is 0.0443 e. The van der Waals surface area contributed by atoms with Crippen molar-refractivity contribution in [2.45, 2.75) is 64.1 Å². The minimum absolute atomic E-state index is 0.315. The third-order valence-corrected chi connectivity index (χ3v) is 3.81. The van der Waals surface area contributed by atoms with Gasteiger partial charge < -0.3 is 10.4 Å². The molecule has 0 saturated heterocycles. The van der Waals surface area contributed by atoms with Crippen molar-refractivity contribution < 1.29 is 5.11 Å². The van der Waals surface area contributed by atoms with Crippen molar-refractivity contribution in [2.24, 2.45) is 0 Å². The summed E-state index contributed by atoms with van der Waals surface area (Å²) < 4.78 is 0. The molecular weight excluding hydrogens is 200 g/mol. The van der Waals surface area contributed by atoms with Gasteiger partial charge in [0.1, 0.15) is 0 Å². The molecule has 0 heterocycles. The van der Waals surface area contributed by atoms with Crippen molar-refractivity contribution in [3.05, 3.63) is 0 Å². The normalized spacial score (nSPS) is 26.6. The summed E-state index contributed by atoms with van der Waals surface area (Å²) >= 11 is 0. The minimum atomic E-state index is 0.315. The van der Waals surface area contributed by atoms with E-state index in [9.17, 15) is 0 Å². The number of hydrogen-bond donors (Lipinski definition) is 2. The quantitative estimate of drug-likeness (QED) is 0.725. The molecule has 0 amide bonds. The maximum Gasteiger partial charge on any atom is 0.0443 e.